The number of nitrogens with one attached hydrogen (secondary N) is 2. The molecular weight excluding hydrogens is 266 g/mol. The first-order valence-corrected chi connectivity index (χ1v) is 6.87. The Labute approximate surface area is 124 Å². The predicted molar refractivity (Wildman–Crippen MR) is 81.1 cm³/mol. The topological polar surface area (TPSA) is 79.8 Å². The Hall–Kier alpha value is -2.50. The van der Waals surface area contributed by atoms with Gasteiger partial charge in [0.15, 0.2) is 0 Å². The first kappa shape index (κ1) is 14.9. The molecule has 0 bridgehead atoms. The summed E-state index contributed by atoms with van der Waals surface area (Å²) in [4.78, 5) is 24.9. The molecule has 2 aromatic rings. The molecule has 0 aliphatic rings. The van der Waals surface area contributed by atoms with Gasteiger partial charge in [0.1, 0.15) is 11.6 Å². The highest BCUT2D eigenvalue weighted by molar-refractivity contribution is 5.94. The van der Waals surface area contributed by atoms with Gasteiger partial charge in [-0.05, 0) is 31.5 Å². The minimum atomic E-state index is -0.139. The molecule has 2 heterocycles. The summed E-state index contributed by atoms with van der Waals surface area (Å²) in [7, 11) is 1.78. The lowest BCUT2D eigenvalue weighted by atomic mass is 10.2. The first-order valence-electron chi connectivity index (χ1n) is 6.87. The summed E-state index contributed by atoms with van der Waals surface area (Å²) in [6.07, 6.45) is 2.46. The summed E-state index contributed by atoms with van der Waals surface area (Å²) >= 11 is 0. The quantitative estimate of drug-likeness (QED) is 0.874. The van der Waals surface area contributed by atoms with Crippen LogP contribution < -0.4 is 10.6 Å². The highest BCUT2D eigenvalue weighted by Crippen LogP contribution is 2.11. The van der Waals surface area contributed by atoms with Crippen LogP contribution in [0, 0.1) is 6.92 Å². The first-order chi connectivity index (χ1) is 10.1. The Morgan fingerprint density at radius 2 is 2.05 bits per heavy atom. The molecule has 0 radical (unpaired) electrons. The van der Waals surface area contributed by atoms with Crippen molar-refractivity contribution in [3.8, 4) is 0 Å². The van der Waals surface area contributed by atoms with E-state index in [1.165, 1.54) is 0 Å². The molecule has 0 atom stereocenters. The van der Waals surface area contributed by atoms with Gasteiger partial charge in [-0.15, -0.1) is 0 Å². The van der Waals surface area contributed by atoms with Crippen LogP contribution in [-0.4, -0.2) is 27.9 Å². The monoisotopic (exact) mass is 285 g/mol. The largest absolute Gasteiger partial charge is 0.373 e. The van der Waals surface area contributed by atoms with Crippen LogP contribution in [-0.2, 0) is 13.0 Å². The fourth-order valence-corrected chi connectivity index (χ4v) is 1.90. The number of rotatable bonds is 5. The highest BCUT2D eigenvalue weighted by atomic mass is 16.1. The number of hydrogen-bond acceptors (Lipinski definition) is 5. The molecule has 110 valence electrons. The summed E-state index contributed by atoms with van der Waals surface area (Å²) in [5.74, 6) is 1.24. The second-order valence-electron chi connectivity index (χ2n) is 4.61. The van der Waals surface area contributed by atoms with Crippen LogP contribution in [0.25, 0.3) is 0 Å². The molecule has 21 heavy (non-hydrogen) atoms. The van der Waals surface area contributed by atoms with Crippen molar-refractivity contribution in [2.24, 2.45) is 0 Å². The van der Waals surface area contributed by atoms with Crippen molar-refractivity contribution in [2.45, 2.75) is 26.8 Å². The number of pyridine rings is 1. The van der Waals surface area contributed by atoms with E-state index in [2.05, 4.69) is 25.6 Å². The maximum atomic E-state index is 12.2. The molecule has 0 unspecified atom stereocenters. The standard InChI is InChI=1S/C15H19N5O/c1-4-12-7-11(8-14(16-3)20-12)15(21)18-9-13-5-6-17-10(2)19-13/h5-8H,4,9H2,1-3H3,(H,16,20)(H,18,21). The molecule has 0 aromatic carbocycles. The van der Waals surface area contributed by atoms with Crippen LogP contribution in [0.15, 0.2) is 24.4 Å². The van der Waals surface area contributed by atoms with E-state index in [-0.39, 0.29) is 5.91 Å². The Kier molecular flexibility index (Phi) is 4.81. The Morgan fingerprint density at radius 3 is 2.71 bits per heavy atom. The number of anilines is 1. The number of aromatic nitrogens is 3. The number of hydrogen-bond donors (Lipinski definition) is 2. The molecule has 2 rings (SSSR count). The molecule has 2 aromatic heterocycles. The van der Waals surface area contributed by atoms with Gasteiger partial charge in [-0.1, -0.05) is 6.92 Å². The predicted octanol–water partition coefficient (Wildman–Crippen LogP) is 1.71. The highest BCUT2D eigenvalue weighted by Gasteiger charge is 2.09. The van der Waals surface area contributed by atoms with E-state index in [1.54, 1.807) is 31.4 Å². The molecule has 6 heteroatoms. The van der Waals surface area contributed by atoms with Gasteiger partial charge < -0.3 is 10.6 Å². The molecule has 0 aliphatic heterocycles. The maximum Gasteiger partial charge on any atom is 0.251 e. The van der Waals surface area contributed by atoms with Crippen LogP contribution in [0.1, 0.15) is 34.5 Å². The molecule has 0 saturated carbocycles. The van der Waals surface area contributed by atoms with Gasteiger partial charge in [0, 0.05) is 24.5 Å². The smallest absolute Gasteiger partial charge is 0.251 e. The SMILES string of the molecule is CCc1cc(C(=O)NCc2ccnc(C)n2)cc(NC)n1. The maximum absolute atomic E-state index is 12.2. The van der Waals surface area contributed by atoms with Crippen LogP contribution in [0.4, 0.5) is 5.82 Å². The molecule has 1 amide bonds. The fourth-order valence-electron chi connectivity index (χ4n) is 1.90. The van der Waals surface area contributed by atoms with Gasteiger partial charge in [-0.25, -0.2) is 15.0 Å². The van der Waals surface area contributed by atoms with E-state index < -0.39 is 0 Å². The third-order valence-electron chi connectivity index (χ3n) is 3.02. The molecule has 6 nitrogen and oxygen atoms in total. The minimum Gasteiger partial charge on any atom is -0.373 e. The van der Waals surface area contributed by atoms with Gasteiger partial charge in [-0.2, -0.15) is 0 Å². The minimum absolute atomic E-state index is 0.139. The molecule has 0 aliphatic carbocycles. The van der Waals surface area contributed by atoms with Crippen molar-refractivity contribution < 1.29 is 4.79 Å². The van der Waals surface area contributed by atoms with Gasteiger partial charge >= 0.3 is 0 Å². The normalized spacial score (nSPS) is 10.2. The van der Waals surface area contributed by atoms with Gasteiger partial charge in [0.2, 0.25) is 0 Å². The zero-order chi connectivity index (χ0) is 15.2. The Balaban J connectivity index is 2.09. The van der Waals surface area contributed by atoms with Crippen molar-refractivity contribution in [3.05, 3.63) is 47.2 Å². The van der Waals surface area contributed by atoms with Crippen LogP contribution >= 0.6 is 0 Å². The van der Waals surface area contributed by atoms with E-state index >= 15 is 0 Å². The second kappa shape index (κ2) is 6.78. The van der Waals surface area contributed by atoms with Crippen LogP contribution in [0.3, 0.4) is 0 Å². The van der Waals surface area contributed by atoms with E-state index in [0.717, 1.165) is 17.8 Å². The van der Waals surface area contributed by atoms with Gasteiger partial charge in [0.25, 0.3) is 5.91 Å². The van der Waals surface area contributed by atoms with E-state index in [0.29, 0.717) is 23.8 Å². The third-order valence-corrected chi connectivity index (χ3v) is 3.02. The van der Waals surface area contributed by atoms with Crippen molar-refractivity contribution in [1.82, 2.24) is 20.3 Å². The van der Waals surface area contributed by atoms with Gasteiger partial charge in [0.05, 0.1) is 12.2 Å². The Bertz CT molecular complexity index is 619. The van der Waals surface area contributed by atoms with E-state index in [1.807, 2.05) is 13.8 Å². The number of nitrogens with zero attached hydrogens (tertiary/aromatic N) is 3. The van der Waals surface area contributed by atoms with Crippen molar-refractivity contribution in [1.29, 1.82) is 0 Å². The average Bonchev–Trinajstić information content (AvgIpc) is 2.52. The van der Waals surface area contributed by atoms with Gasteiger partial charge in [-0.3, -0.25) is 4.79 Å². The zero-order valence-electron chi connectivity index (χ0n) is 12.5. The summed E-state index contributed by atoms with van der Waals surface area (Å²) in [5, 5.41) is 5.83. The lowest BCUT2D eigenvalue weighted by molar-refractivity contribution is 0.0950. The number of amides is 1. The summed E-state index contributed by atoms with van der Waals surface area (Å²) in [6.45, 7) is 4.20. The molecule has 0 saturated heterocycles. The van der Waals surface area contributed by atoms with Crippen molar-refractivity contribution >= 4 is 11.7 Å². The van der Waals surface area contributed by atoms with Crippen LogP contribution in [0.5, 0.6) is 0 Å². The molecule has 2 N–H and O–H groups in total. The number of carbonyl (C=O) groups is 1. The van der Waals surface area contributed by atoms with E-state index in [9.17, 15) is 4.79 Å². The average molecular weight is 285 g/mol. The number of carbonyl (C=O) groups excluding carboxylic acids is 1. The Morgan fingerprint density at radius 1 is 1.24 bits per heavy atom. The fraction of sp³-hybridized carbons (Fsp3) is 0.333. The molecular formula is C15H19N5O. The third kappa shape index (κ3) is 3.98. The van der Waals surface area contributed by atoms with Crippen molar-refractivity contribution in [3.63, 3.8) is 0 Å². The summed E-state index contributed by atoms with van der Waals surface area (Å²) in [6, 6.07) is 5.33. The summed E-state index contributed by atoms with van der Waals surface area (Å²) in [5.41, 5.74) is 2.26. The molecule has 0 spiro atoms. The molecule has 0 fully saturated rings. The summed E-state index contributed by atoms with van der Waals surface area (Å²) < 4.78 is 0. The van der Waals surface area contributed by atoms with Crippen molar-refractivity contribution in [2.75, 3.05) is 12.4 Å². The second-order valence-corrected chi connectivity index (χ2v) is 4.61. The lowest BCUT2D eigenvalue weighted by Crippen LogP contribution is -2.24. The zero-order valence-corrected chi connectivity index (χ0v) is 12.5. The lowest BCUT2D eigenvalue weighted by Gasteiger charge is -2.08. The van der Waals surface area contributed by atoms with E-state index in [4.69, 9.17) is 0 Å². The van der Waals surface area contributed by atoms with Crippen LogP contribution in [0.2, 0.25) is 0 Å². The number of aryl methyl sites for hydroxylation is 2.